The van der Waals surface area contributed by atoms with Crippen LogP contribution in [0.25, 0.3) is 0 Å². The zero-order chi connectivity index (χ0) is 20.8. The molecule has 1 saturated heterocycles. The Morgan fingerprint density at radius 2 is 1.87 bits per heavy atom. The van der Waals surface area contributed by atoms with Crippen LogP contribution < -0.4 is 10.2 Å². The fourth-order valence-corrected chi connectivity index (χ4v) is 5.04. The van der Waals surface area contributed by atoms with Crippen molar-refractivity contribution in [3.05, 3.63) is 41.6 Å². The van der Waals surface area contributed by atoms with Gasteiger partial charge in [0.1, 0.15) is 17.5 Å². The first-order valence-electron chi connectivity index (χ1n) is 10.8. The van der Waals surface area contributed by atoms with Gasteiger partial charge in [-0.25, -0.2) is 18.7 Å². The molecule has 0 amide bonds. The Hall–Kier alpha value is -2.75. The minimum absolute atomic E-state index is 0.00406. The van der Waals surface area contributed by atoms with Gasteiger partial charge in [0, 0.05) is 25.7 Å². The summed E-state index contributed by atoms with van der Waals surface area (Å²) in [6.45, 7) is 0.728. The van der Waals surface area contributed by atoms with E-state index in [-0.39, 0.29) is 6.42 Å². The van der Waals surface area contributed by atoms with Crippen LogP contribution in [0.15, 0.2) is 30.5 Å². The molecule has 2 aromatic heterocycles. The van der Waals surface area contributed by atoms with Crippen LogP contribution in [0.3, 0.4) is 0 Å². The summed E-state index contributed by atoms with van der Waals surface area (Å²) >= 11 is 0. The van der Waals surface area contributed by atoms with Crippen LogP contribution in [-0.2, 0) is 0 Å². The second kappa shape index (κ2) is 7.19. The molecule has 0 radical (unpaired) electrons. The summed E-state index contributed by atoms with van der Waals surface area (Å²) in [6, 6.07) is 9.59. The van der Waals surface area contributed by atoms with E-state index in [1.807, 2.05) is 11.0 Å². The molecular formula is C23H25F2N5. The van der Waals surface area contributed by atoms with E-state index in [0.717, 1.165) is 18.7 Å². The number of halogens is 2. The molecule has 5 rings (SSSR count). The van der Waals surface area contributed by atoms with Crippen molar-refractivity contribution in [3.63, 3.8) is 0 Å². The fourth-order valence-electron chi connectivity index (χ4n) is 5.04. The molecule has 1 spiro atoms. The molecule has 0 aromatic carbocycles. The van der Waals surface area contributed by atoms with E-state index in [4.69, 9.17) is 10.2 Å². The highest BCUT2D eigenvalue weighted by atomic mass is 19.3. The summed E-state index contributed by atoms with van der Waals surface area (Å²) in [5, 5.41) is 12.3. The van der Waals surface area contributed by atoms with E-state index in [1.54, 1.807) is 18.3 Å². The lowest BCUT2D eigenvalue weighted by Gasteiger charge is -2.60. The Labute approximate surface area is 175 Å². The van der Waals surface area contributed by atoms with Gasteiger partial charge in [-0.05, 0) is 55.0 Å². The molecule has 2 saturated carbocycles. The molecule has 5 nitrogen and oxygen atoms in total. The molecular weight excluding hydrogens is 384 g/mol. The molecule has 156 valence electrons. The maximum atomic E-state index is 14.0. The van der Waals surface area contributed by atoms with Gasteiger partial charge in [-0.2, -0.15) is 5.26 Å². The number of anilines is 3. The van der Waals surface area contributed by atoms with Crippen molar-refractivity contribution >= 4 is 17.5 Å². The molecule has 7 heteroatoms. The molecule has 30 heavy (non-hydrogen) atoms. The van der Waals surface area contributed by atoms with Gasteiger partial charge >= 0.3 is 0 Å². The van der Waals surface area contributed by atoms with Crippen molar-refractivity contribution in [3.8, 4) is 6.07 Å². The highest BCUT2D eigenvalue weighted by Crippen LogP contribution is 2.59. The van der Waals surface area contributed by atoms with Gasteiger partial charge in [0.25, 0.3) is 5.92 Å². The Kier molecular flexibility index (Phi) is 4.61. The summed E-state index contributed by atoms with van der Waals surface area (Å²) in [6.07, 6.45) is 8.18. The largest absolute Gasteiger partial charge is 0.355 e. The molecule has 3 heterocycles. The zero-order valence-corrected chi connectivity index (χ0v) is 16.9. The summed E-state index contributed by atoms with van der Waals surface area (Å²) < 4.78 is 28.1. The fraction of sp³-hybridized carbons (Fsp3) is 0.522. The van der Waals surface area contributed by atoms with Crippen LogP contribution in [0.1, 0.15) is 62.0 Å². The van der Waals surface area contributed by atoms with E-state index < -0.39 is 11.3 Å². The van der Waals surface area contributed by atoms with Gasteiger partial charge in [-0.3, -0.25) is 0 Å². The number of pyridine rings is 2. The van der Waals surface area contributed by atoms with Crippen molar-refractivity contribution in [2.45, 2.75) is 56.8 Å². The maximum absolute atomic E-state index is 14.0. The van der Waals surface area contributed by atoms with Crippen LogP contribution >= 0.6 is 0 Å². The SMILES string of the molecule is N#Cc1ccnc(Nc2cc(C3CCCCC3)cc(N3CC4(CCC4(F)F)C3)n2)c1. The lowest BCUT2D eigenvalue weighted by molar-refractivity contribution is -0.212. The van der Waals surface area contributed by atoms with Crippen molar-refractivity contribution in [1.82, 2.24) is 9.97 Å². The number of nitriles is 1. The van der Waals surface area contributed by atoms with Gasteiger partial charge in [-0.1, -0.05) is 19.3 Å². The molecule has 2 aromatic rings. The van der Waals surface area contributed by atoms with Crippen molar-refractivity contribution < 1.29 is 8.78 Å². The minimum atomic E-state index is -2.55. The van der Waals surface area contributed by atoms with Crippen molar-refractivity contribution in [1.29, 1.82) is 5.26 Å². The first kappa shape index (κ1) is 19.2. The quantitative estimate of drug-likeness (QED) is 0.735. The van der Waals surface area contributed by atoms with E-state index in [9.17, 15) is 8.78 Å². The van der Waals surface area contributed by atoms with Crippen LogP contribution in [0.2, 0.25) is 0 Å². The summed E-state index contributed by atoms with van der Waals surface area (Å²) in [7, 11) is 0. The third kappa shape index (κ3) is 3.28. The van der Waals surface area contributed by atoms with Crippen LogP contribution in [0.5, 0.6) is 0 Å². The third-order valence-corrected chi connectivity index (χ3v) is 7.06. The predicted molar refractivity (Wildman–Crippen MR) is 111 cm³/mol. The molecule has 3 fully saturated rings. The van der Waals surface area contributed by atoms with E-state index in [2.05, 4.69) is 22.4 Å². The molecule has 3 aliphatic rings. The number of hydrogen-bond acceptors (Lipinski definition) is 5. The number of nitrogens with one attached hydrogen (secondary N) is 1. The number of rotatable bonds is 4. The van der Waals surface area contributed by atoms with E-state index in [0.29, 0.717) is 42.6 Å². The minimum Gasteiger partial charge on any atom is -0.355 e. The molecule has 1 aliphatic heterocycles. The average molecular weight is 409 g/mol. The molecule has 0 bridgehead atoms. The Bertz CT molecular complexity index is 987. The third-order valence-electron chi connectivity index (χ3n) is 7.06. The number of aromatic nitrogens is 2. The summed E-state index contributed by atoms with van der Waals surface area (Å²) in [5.74, 6) is -0.117. The van der Waals surface area contributed by atoms with Gasteiger partial charge < -0.3 is 10.2 Å². The van der Waals surface area contributed by atoms with Gasteiger partial charge in [0.2, 0.25) is 0 Å². The summed E-state index contributed by atoms with van der Waals surface area (Å²) in [4.78, 5) is 11.0. The Morgan fingerprint density at radius 3 is 2.53 bits per heavy atom. The van der Waals surface area contributed by atoms with Gasteiger partial charge in [0.05, 0.1) is 17.0 Å². The van der Waals surface area contributed by atoms with Crippen LogP contribution in [0.4, 0.5) is 26.2 Å². The molecule has 0 atom stereocenters. The van der Waals surface area contributed by atoms with Crippen LogP contribution in [-0.4, -0.2) is 29.0 Å². The second-order valence-corrected chi connectivity index (χ2v) is 8.99. The van der Waals surface area contributed by atoms with Gasteiger partial charge in [0.15, 0.2) is 0 Å². The van der Waals surface area contributed by atoms with E-state index >= 15 is 0 Å². The topological polar surface area (TPSA) is 64.8 Å². The maximum Gasteiger partial charge on any atom is 0.257 e. The molecule has 0 unspecified atom stereocenters. The second-order valence-electron chi connectivity index (χ2n) is 8.99. The average Bonchev–Trinajstić information content (AvgIpc) is 2.73. The molecule has 2 aliphatic carbocycles. The number of alkyl halides is 2. The molecule has 1 N–H and O–H groups in total. The Balaban J connectivity index is 1.43. The monoisotopic (exact) mass is 409 g/mol. The number of hydrogen-bond donors (Lipinski definition) is 1. The van der Waals surface area contributed by atoms with Crippen LogP contribution in [0, 0.1) is 16.7 Å². The van der Waals surface area contributed by atoms with Crippen molar-refractivity contribution in [2.75, 3.05) is 23.3 Å². The lowest BCUT2D eigenvalue weighted by atomic mass is 9.60. The standard InChI is InChI=1S/C23H25F2N5/c24-23(25)8-7-22(23)14-30(15-22)21-12-18(17-4-2-1-3-5-17)11-20(29-21)28-19-10-16(13-26)6-9-27-19/h6,9-12,17H,1-5,7-8,14-15H2,(H,27,28,29). The first-order valence-corrected chi connectivity index (χ1v) is 10.8. The lowest BCUT2D eigenvalue weighted by Crippen LogP contribution is -2.70. The van der Waals surface area contributed by atoms with E-state index in [1.165, 1.54) is 24.8 Å². The first-order chi connectivity index (χ1) is 14.5. The zero-order valence-electron chi connectivity index (χ0n) is 16.9. The smallest absolute Gasteiger partial charge is 0.257 e. The highest BCUT2D eigenvalue weighted by molar-refractivity contribution is 5.60. The Morgan fingerprint density at radius 1 is 1.07 bits per heavy atom. The normalized spacial score (nSPS) is 22.1. The van der Waals surface area contributed by atoms with Crippen molar-refractivity contribution in [2.24, 2.45) is 5.41 Å². The highest BCUT2D eigenvalue weighted by Gasteiger charge is 2.67. The van der Waals surface area contributed by atoms with Gasteiger partial charge in [-0.15, -0.1) is 0 Å². The summed E-state index contributed by atoms with van der Waals surface area (Å²) in [5.41, 5.74) is 0.874. The predicted octanol–water partition coefficient (Wildman–Crippen LogP) is 5.38. The number of nitrogens with zero attached hydrogens (tertiary/aromatic N) is 4.